The molecule has 0 saturated heterocycles. The van der Waals surface area contributed by atoms with Gasteiger partial charge in [0.15, 0.2) is 5.16 Å². The monoisotopic (exact) mass is 364 g/mol. The third-order valence-electron chi connectivity index (χ3n) is 4.52. The highest BCUT2D eigenvalue weighted by Gasteiger charge is 2.21. The van der Waals surface area contributed by atoms with Gasteiger partial charge >= 0.3 is 0 Å². The van der Waals surface area contributed by atoms with Crippen LogP contribution < -0.4 is 5.32 Å². The van der Waals surface area contributed by atoms with Crippen LogP contribution in [0.2, 0.25) is 0 Å². The van der Waals surface area contributed by atoms with Crippen LogP contribution in [-0.4, -0.2) is 26.4 Å². The van der Waals surface area contributed by atoms with E-state index in [9.17, 15) is 4.79 Å². The lowest BCUT2D eigenvalue weighted by atomic mass is 9.88. The van der Waals surface area contributed by atoms with Crippen LogP contribution in [-0.2, 0) is 11.3 Å². The number of nitrogens with zero attached hydrogens (tertiary/aromatic N) is 3. The second-order valence-electron chi connectivity index (χ2n) is 6.29. The first-order valence-corrected chi connectivity index (χ1v) is 9.75. The average molecular weight is 364 g/mol. The van der Waals surface area contributed by atoms with Gasteiger partial charge in [-0.25, -0.2) is 0 Å². The van der Waals surface area contributed by atoms with Gasteiger partial charge in [0, 0.05) is 24.6 Å². The summed E-state index contributed by atoms with van der Waals surface area (Å²) in [4.78, 5) is 12.8. The Morgan fingerprint density at radius 3 is 2.35 bits per heavy atom. The number of anilines is 1. The number of nitrogens with one attached hydrogen (secondary N) is 1. The first-order valence-electron chi connectivity index (χ1n) is 8.77. The molecule has 0 atom stereocenters. The first-order chi connectivity index (χ1) is 12.8. The van der Waals surface area contributed by atoms with E-state index in [1.807, 2.05) is 41.0 Å². The van der Waals surface area contributed by atoms with E-state index >= 15 is 0 Å². The van der Waals surface area contributed by atoms with Gasteiger partial charge < -0.3 is 0 Å². The van der Waals surface area contributed by atoms with Crippen LogP contribution in [0.4, 0.5) is 5.95 Å². The van der Waals surface area contributed by atoms with Crippen LogP contribution in [0.15, 0.2) is 65.8 Å². The van der Waals surface area contributed by atoms with Crippen molar-refractivity contribution in [3.63, 3.8) is 0 Å². The van der Waals surface area contributed by atoms with E-state index in [0.29, 0.717) is 12.4 Å². The van der Waals surface area contributed by atoms with E-state index in [0.717, 1.165) is 35.0 Å². The number of thioether (sulfide) groups is 1. The maximum atomic E-state index is 12.8. The number of carbonyl (C=O) groups excluding carboxylic acids is 1. The molecule has 0 fully saturated rings. The lowest BCUT2D eigenvalue weighted by Gasteiger charge is -2.18. The van der Waals surface area contributed by atoms with E-state index < -0.39 is 0 Å². The molecule has 0 spiro atoms. The molecule has 26 heavy (non-hydrogen) atoms. The number of rotatable bonds is 5. The number of fused-ring (bicyclic) bond motifs is 1. The molecule has 1 N–H and O–H groups in total. The van der Waals surface area contributed by atoms with E-state index in [4.69, 9.17) is 0 Å². The summed E-state index contributed by atoms with van der Waals surface area (Å²) in [5.41, 5.74) is 2.26. The van der Waals surface area contributed by atoms with E-state index in [1.54, 1.807) is 11.8 Å². The number of hydrogen-bond donors (Lipinski definition) is 1. The molecule has 0 bridgehead atoms. The van der Waals surface area contributed by atoms with Gasteiger partial charge in [0.1, 0.15) is 0 Å². The third kappa shape index (κ3) is 3.65. The molecule has 5 nitrogen and oxygen atoms in total. The van der Waals surface area contributed by atoms with Crippen molar-refractivity contribution < 1.29 is 4.79 Å². The van der Waals surface area contributed by atoms with E-state index in [2.05, 4.69) is 39.8 Å². The highest BCUT2D eigenvalue weighted by Crippen LogP contribution is 2.29. The predicted octanol–water partition coefficient (Wildman–Crippen LogP) is 3.93. The van der Waals surface area contributed by atoms with Gasteiger partial charge in [0.25, 0.3) is 0 Å². The Balaban J connectivity index is 1.54. The number of hydrogen-bond acceptors (Lipinski definition) is 4. The van der Waals surface area contributed by atoms with Crippen molar-refractivity contribution in [3.05, 3.63) is 71.8 Å². The molecule has 1 aliphatic rings. The molecule has 1 aliphatic heterocycles. The molecule has 0 unspecified atom stereocenters. The van der Waals surface area contributed by atoms with Crippen molar-refractivity contribution in [1.82, 2.24) is 14.8 Å². The molecule has 4 rings (SSSR count). The van der Waals surface area contributed by atoms with Gasteiger partial charge in [-0.05, 0) is 17.5 Å². The largest absolute Gasteiger partial charge is 0.295 e. The fourth-order valence-corrected chi connectivity index (χ4v) is 4.12. The molecule has 3 aromatic rings. The highest BCUT2D eigenvalue weighted by molar-refractivity contribution is 7.99. The van der Waals surface area contributed by atoms with Gasteiger partial charge in [0.05, 0.1) is 0 Å². The predicted molar refractivity (Wildman–Crippen MR) is 103 cm³/mol. The Morgan fingerprint density at radius 1 is 1.04 bits per heavy atom. The summed E-state index contributed by atoms with van der Waals surface area (Å²) >= 11 is 1.68. The third-order valence-corrected chi connectivity index (χ3v) is 5.57. The van der Waals surface area contributed by atoms with Crippen molar-refractivity contribution in [2.24, 2.45) is 0 Å². The quantitative estimate of drug-likeness (QED) is 0.745. The van der Waals surface area contributed by atoms with Crippen molar-refractivity contribution in [1.29, 1.82) is 0 Å². The summed E-state index contributed by atoms with van der Waals surface area (Å²) < 4.78 is 1.99. The Morgan fingerprint density at radius 2 is 1.69 bits per heavy atom. The second kappa shape index (κ2) is 7.74. The molecule has 6 heteroatoms. The Hall–Kier alpha value is -2.60. The van der Waals surface area contributed by atoms with Crippen LogP contribution in [0.25, 0.3) is 0 Å². The molecule has 1 aromatic heterocycles. The summed E-state index contributed by atoms with van der Waals surface area (Å²) in [6.07, 6.45) is 1.43. The topological polar surface area (TPSA) is 59.8 Å². The number of amides is 1. The minimum Gasteiger partial charge on any atom is -0.295 e. The van der Waals surface area contributed by atoms with E-state index in [-0.39, 0.29) is 11.8 Å². The fourth-order valence-electron chi connectivity index (χ4n) is 3.24. The fraction of sp³-hybridized carbons (Fsp3) is 0.250. The average Bonchev–Trinajstić information content (AvgIpc) is 3.10. The summed E-state index contributed by atoms with van der Waals surface area (Å²) in [6.45, 7) is 0.853. The van der Waals surface area contributed by atoms with Gasteiger partial charge in [0.2, 0.25) is 11.9 Å². The van der Waals surface area contributed by atoms with Gasteiger partial charge in [-0.2, -0.15) is 0 Å². The van der Waals surface area contributed by atoms with Gasteiger partial charge in [-0.15, -0.1) is 10.2 Å². The summed E-state index contributed by atoms with van der Waals surface area (Å²) in [6, 6.07) is 20.3. The minimum absolute atomic E-state index is 0.00974. The number of aromatic nitrogens is 3. The van der Waals surface area contributed by atoms with Crippen molar-refractivity contribution in [3.8, 4) is 0 Å². The second-order valence-corrected chi connectivity index (χ2v) is 7.35. The lowest BCUT2D eigenvalue weighted by Crippen LogP contribution is -2.20. The summed E-state index contributed by atoms with van der Waals surface area (Å²) in [7, 11) is 0. The zero-order chi connectivity index (χ0) is 17.8. The standard InChI is InChI=1S/C20H20N4OS/c25-18(21-19-22-23-20-24(19)12-7-13-26-20)14-17(15-8-3-1-4-9-15)16-10-5-2-6-11-16/h1-6,8-11,17H,7,12-14H2,(H,21,22,25). The normalized spacial score (nSPS) is 13.4. The van der Waals surface area contributed by atoms with Crippen LogP contribution in [0, 0.1) is 0 Å². The Bertz CT molecular complexity index is 840. The van der Waals surface area contributed by atoms with Crippen molar-refractivity contribution in [2.45, 2.75) is 30.5 Å². The van der Waals surface area contributed by atoms with Crippen molar-refractivity contribution >= 4 is 23.6 Å². The SMILES string of the molecule is O=C(CC(c1ccccc1)c1ccccc1)Nc1nnc2n1CCCS2. The van der Waals surface area contributed by atoms with Crippen molar-refractivity contribution in [2.75, 3.05) is 11.1 Å². The van der Waals surface area contributed by atoms with Crippen LogP contribution in [0.5, 0.6) is 0 Å². The maximum Gasteiger partial charge on any atom is 0.231 e. The summed E-state index contributed by atoms with van der Waals surface area (Å²) in [5, 5.41) is 12.2. The smallest absolute Gasteiger partial charge is 0.231 e. The molecule has 0 aliphatic carbocycles. The summed E-state index contributed by atoms with van der Waals surface area (Å²) in [5.74, 6) is 1.57. The van der Waals surface area contributed by atoms with Gasteiger partial charge in [-0.3, -0.25) is 14.7 Å². The molecule has 0 radical (unpaired) electrons. The molecule has 2 heterocycles. The van der Waals surface area contributed by atoms with Crippen LogP contribution >= 0.6 is 11.8 Å². The molecule has 2 aromatic carbocycles. The first kappa shape index (κ1) is 16.8. The molecule has 1 amide bonds. The highest BCUT2D eigenvalue weighted by atomic mass is 32.2. The molecular weight excluding hydrogens is 344 g/mol. The Kier molecular flexibility index (Phi) is 5.02. The lowest BCUT2D eigenvalue weighted by molar-refractivity contribution is -0.116. The zero-order valence-electron chi connectivity index (χ0n) is 14.3. The van der Waals surface area contributed by atoms with Gasteiger partial charge in [-0.1, -0.05) is 72.4 Å². The number of carbonyl (C=O) groups is 1. The van der Waals surface area contributed by atoms with Crippen LogP contribution in [0.1, 0.15) is 29.9 Å². The zero-order valence-corrected chi connectivity index (χ0v) is 15.2. The Labute approximate surface area is 156 Å². The molecule has 132 valence electrons. The minimum atomic E-state index is -0.0477. The maximum absolute atomic E-state index is 12.8. The number of benzene rings is 2. The van der Waals surface area contributed by atoms with Crippen LogP contribution in [0.3, 0.4) is 0 Å². The molecule has 0 saturated carbocycles. The molecular formula is C20H20N4OS. The van der Waals surface area contributed by atoms with E-state index in [1.165, 1.54) is 0 Å².